The zero-order valence-electron chi connectivity index (χ0n) is 17.0. The second-order valence-electron chi connectivity index (χ2n) is 6.87. The van der Waals surface area contributed by atoms with Crippen LogP contribution in [0.1, 0.15) is 65.7 Å². The lowest BCUT2D eigenvalue weighted by Gasteiger charge is -2.43. The Bertz CT molecular complexity index is 464. The first-order chi connectivity index (χ1) is 12.6. The van der Waals surface area contributed by atoms with Crippen LogP contribution in [-0.4, -0.2) is 24.4 Å². The Morgan fingerprint density at radius 2 is 1.65 bits per heavy atom. The van der Waals surface area contributed by atoms with Crippen molar-refractivity contribution in [2.24, 2.45) is 0 Å². The highest BCUT2D eigenvalue weighted by Gasteiger charge is 2.24. The zero-order valence-corrected chi connectivity index (χ0v) is 17.8. The molecule has 150 valence electrons. The molecule has 0 saturated carbocycles. The number of hydrogen-bond donors (Lipinski definition) is 0. The molecule has 3 nitrogen and oxygen atoms in total. The highest BCUT2D eigenvalue weighted by Crippen LogP contribution is 2.51. The normalized spacial score (nSPS) is 14.8. The summed E-state index contributed by atoms with van der Waals surface area (Å²) in [5.41, 5.74) is 0. The third-order valence-corrected chi connectivity index (χ3v) is 6.50. The SMILES string of the molecule is C=CCOS(CCCCCCCCC)(COC(C)C)Oc1ccccc1. The van der Waals surface area contributed by atoms with Gasteiger partial charge >= 0.3 is 0 Å². The summed E-state index contributed by atoms with van der Waals surface area (Å²) in [5.74, 6) is 2.25. The minimum Gasteiger partial charge on any atom is -0.390 e. The van der Waals surface area contributed by atoms with E-state index in [0.717, 1.165) is 17.9 Å². The van der Waals surface area contributed by atoms with Crippen molar-refractivity contribution in [3.8, 4) is 5.75 Å². The molecule has 0 N–H and O–H groups in total. The van der Waals surface area contributed by atoms with Gasteiger partial charge in [-0.3, -0.25) is 4.18 Å². The van der Waals surface area contributed by atoms with E-state index in [1.807, 2.05) is 44.2 Å². The molecule has 0 heterocycles. The number of para-hydroxylation sites is 1. The van der Waals surface area contributed by atoms with E-state index in [1.165, 1.54) is 38.5 Å². The fourth-order valence-corrected chi connectivity index (χ4v) is 5.00. The number of benzene rings is 1. The van der Waals surface area contributed by atoms with Gasteiger partial charge in [-0.15, -0.1) is 17.2 Å². The lowest BCUT2D eigenvalue weighted by Crippen LogP contribution is -2.23. The first-order valence-electron chi connectivity index (χ1n) is 10.0. The summed E-state index contributed by atoms with van der Waals surface area (Å²) in [6.45, 7) is 10.6. The van der Waals surface area contributed by atoms with Crippen molar-refractivity contribution >= 4 is 10.6 Å². The predicted octanol–water partition coefficient (Wildman–Crippen LogP) is 7.04. The van der Waals surface area contributed by atoms with Crippen LogP contribution in [0, 0.1) is 0 Å². The van der Waals surface area contributed by atoms with Gasteiger partial charge in [-0.25, -0.2) is 0 Å². The molecule has 0 spiro atoms. The quantitative estimate of drug-likeness (QED) is 0.227. The molecule has 1 unspecified atom stereocenters. The van der Waals surface area contributed by atoms with Crippen molar-refractivity contribution in [2.45, 2.75) is 71.8 Å². The van der Waals surface area contributed by atoms with Gasteiger partial charge in [-0.2, -0.15) is 0 Å². The van der Waals surface area contributed by atoms with Gasteiger partial charge in [0.25, 0.3) is 0 Å². The van der Waals surface area contributed by atoms with Crippen molar-refractivity contribution < 1.29 is 13.1 Å². The van der Waals surface area contributed by atoms with Crippen molar-refractivity contribution in [1.29, 1.82) is 0 Å². The Morgan fingerprint density at radius 1 is 1.00 bits per heavy atom. The lowest BCUT2D eigenvalue weighted by molar-refractivity contribution is 0.108. The average Bonchev–Trinajstić information content (AvgIpc) is 2.64. The molecule has 0 saturated heterocycles. The third-order valence-electron chi connectivity index (χ3n) is 4.03. The summed E-state index contributed by atoms with van der Waals surface area (Å²) in [5, 5.41) is 0. The number of unbranched alkanes of at least 4 members (excludes halogenated alkanes) is 6. The minimum atomic E-state index is -1.80. The third kappa shape index (κ3) is 10.2. The molecule has 1 aromatic rings. The van der Waals surface area contributed by atoms with Gasteiger partial charge < -0.3 is 8.92 Å². The predicted molar refractivity (Wildman–Crippen MR) is 115 cm³/mol. The zero-order chi connectivity index (χ0) is 19.1. The molecule has 0 aliphatic rings. The number of hydrogen-bond acceptors (Lipinski definition) is 3. The van der Waals surface area contributed by atoms with Crippen LogP contribution in [0.5, 0.6) is 5.75 Å². The summed E-state index contributed by atoms with van der Waals surface area (Å²) in [6.07, 6.45) is 10.9. The summed E-state index contributed by atoms with van der Waals surface area (Å²) in [4.78, 5) is 0. The topological polar surface area (TPSA) is 27.7 Å². The van der Waals surface area contributed by atoms with E-state index in [4.69, 9.17) is 13.1 Å². The Kier molecular flexibility index (Phi) is 12.5. The van der Waals surface area contributed by atoms with E-state index in [2.05, 4.69) is 13.5 Å². The molecule has 0 aromatic heterocycles. The van der Waals surface area contributed by atoms with E-state index < -0.39 is 10.6 Å². The summed E-state index contributed by atoms with van der Waals surface area (Å²) in [7, 11) is -1.80. The summed E-state index contributed by atoms with van der Waals surface area (Å²) >= 11 is 0. The molecule has 0 radical (unpaired) electrons. The first kappa shape index (κ1) is 23.1. The van der Waals surface area contributed by atoms with E-state index in [1.54, 1.807) is 6.08 Å². The maximum atomic E-state index is 6.39. The molecule has 26 heavy (non-hydrogen) atoms. The molecule has 0 fully saturated rings. The smallest absolute Gasteiger partial charge is 0.150 e. The van der Waals surface area contributed by atoms with Crippen LogP contribution < -0.4 is 4.18 Å². The van der Waals surface area contributed by atoms with Crippen molar-refractivity contribution in [2.75, 3.05) is 18.3 Å². The van der Waals surface area contributed by atoms with Crippen molar-refractivity contribution in [1.82, 2.24) is 0 Å². The van der Waals surface area contributed by atoms with Crippen LogP contribution in [0.2, 0.25) is 0 Å². The van der Waals surface area contributed by atoms with Crippen LogP contribution in [0.4, 0.5) is 0 Å². The Morgan fingerprint density at radius 3 is 2.27 bits per heavy atom. The summed E-state index contributed by atoms with van der Waals surface area (Å²) in [6, 6.07) is 9.95. The minimum absolute atomic E-state index is 0.155. The standard InChI is InChI=1S/C22H38O3S/c1-5-7-8-9-10-11-15-19-26(24-18-6-2,20-23-21(3)4)25-22-16-13-12-14-17-22/h6,12-14,16-17,21H,2,5,7-11,15,18-20H2,1,3-4H3. The largest absolute Gasteiger partial charge is 0.390 e. The molecular weight excluding hydrogens is 344 g/mol. The van der Waals surface area contributed by atoms with Gasteiger partial charge in [-0.1, -0.05) is 69.7 Å². The second-order valence-corrected chi connectivity index (χ2v) is 9.41. The molecule has 4 heteroatoms. The van der Waals surface area contributed by atoms with Crippen molar-refractivity contribution in [3.05, 3.63) is 43.0 Å². The maximum Gasteiger partial charge on any atom is 0.150 e. The molecule has 1 atom stereocenters. The van der Waals surface area contributed by atoms with E-state index in [0.29, 0.717) is 12.5 Å². The molecule has 1 aromatic carbocycles. The van der Waals surface area contributed by atoms with E-state index >= 15 is 0 Å². The fraction of sp³-hybridized carbons (Fsp3) is 0.636. The van der Waals surface area contributed by atoms with Crippen LogP contribution in [0.3, 0.4) is 0 Å². The monoisotopic (exact) mass is 382 g/mol. The van der Waals surface area contributed by atoms with Gasteiger partial charge in [0.1, 0.15) is 5.94 Å². The molecule has 0 amide bonds. The molecule has 0 aliphatic heterocycles. The molecule has 0 aliphatic carbocycles. The van der Waals surface area contributed by atoms with Gasteiger partial charge in [0.2, 0.25) is 0 Å². The number of ether oxygens (including phenoxy) is 1. The second kappa shape index (κ2) is 14.1. The first-order valence-corrected chi connectivity index (χ1v) is 11.8. The Balaban J connectivity index is 2.67. The highest BCUT2D eigenvalue weighted by atomic mass is 32.3. The fourth-order valence-electron chi connectivity index (χ4n) is 2.58. The maximum absolute atomic E-state index is 6.39. The van der Waals surface area contributed by atoms with Crippen LogP contribution in [0.25, 0.3) is 0 Å². The highest BCUT2D eigenvalue weighted by molar-refractivity contribution is 8.26. The van der Waals surface area contributed by atoms with Gasteiger partial charge in [0, 0.05) is 0 Å². The lowest BCUT2D eigenvalue weighted by atomic mass is 10.1. The van der Waals surface area contributed by atoms with Gasteiger partial charge in [0.05, 0.1) is 18.5 Å². The van der Waals surface area contributed by atoms with E-state index in [-0.39, 0.29) is 6.10 Å². The van der Waals surface area contributed by atoms with Gasteiger partial charge in [-0.05, 0) is 32.4 Å². The number of rotatable bonds is 16. The van der Waals surface area contributed by atoms with Crippen LogP contribution in [-0.2, 0) is 8.92 Å². The van der Waals surface area contributed by atoms with Crippen LogP contribution in [0.15, 0.2) is 43.0 Å². The summed E-state index contributed by atoms with van der Waals surface area (Å²) < 4.78 is 18.5. The Hall–Kier alpha value is -0.970. The van der Waals surface area contributed by atoms with E-state index in [9.17, 15) is 0 Å². The molecular formula is C22H38O3S. The Labute approximate surface area is 162 Å². The molecule has 1 rings (SSSR count). The molecule has 0 bridgehead atoms. The van der Waals surface area contributed by atoms with Gasteiger partial charge in [0.15, 0.2) is 5.75 Å². The van der Waals surface area contributed by atoms with Crippen molar-refractivity contribution in [3.63, 3.8) is 0 Å². The van der Waals surface area contributed by atoms with Crippen LogP contribution >= 0.6 is 10.6 Å². The average molecular weight is 383 g/mol.